The van der Waals surface area contributed by atoms with Crippen molar-refractivity contribution in [3.63, 3.8) is 0 Å². The van der Waals surface area contributed by atoms with Crippen LogP contribution in [0.2, 0.25) is 0 Å². The molecular formula is C20H20N4O3S. The number of nitrogen functional groups attached to an aromatic ring is 1. The summed E-state index contributed by atoms with van der Waals surface area (Å²) >= 11 is 1.36. The number of aromatic nitrogens is 2. The zero-order valence-electron chi connectivity index (χ0n) is 15.3. The topological polar surface area (TPSA) is 101 Å². The summed E-state index contributed by atoms with van der Waals surface area (Å²) in [7, 11) is 1.48. The van der Waals surface area contributed by atoms with Crippen LogP contribution in [-0.2, 0) is 11.3 Å². The van der Waals surface area contributed by atoms with Gasteiger partial charge in [-0.15, -0.1) is 11.8 Å². The number of H-pyrrole nitrogens is 1. The SMILES string of the molecule is CN(C(=O)CSc1ccccc1)c1c(N)n(Cc2ccccc2)c(=O)[nH]c1=O. The first kappa shape index (κ1) is 19.5. The van der Waals surface area contributed by atoms with Gasteiger partial charge < -0.3 is 10.6 Å². The summed E-state index contributed by atoms with van der Waals surface area (Å²) in [6.07, 6.45) is 0. The van der Waals surface area contributed by atoms with Crippen LogP contribution >= 0.6 is 11.8 Å². The zero-order chi connectivity index (χ0) is 20.1. The van der Waals surface area contributed by atoms with Gasteiger partial charge in [-0.25, -0.2) is 4.79 Å². The van der Waals surface area contributed by atoms with Gasteiger partial charge in [-0.1, -0.05) is 48.5 Å². The molecule has 3 rings (SSSR count). The molecule has 3 aromatic rings. The molecule has 1 amide bonds. The van der Waals surface area contributed by atoms with Gasteiger partial charge in [0.15, 0.2) is 5.69 Å². The average Bonchev–Trinajstić information content (AvgIpc) is 2.70. The maximum absolute atomic E-state index is 12.6. The van der Waals surface area contributed by atoms with Crippen LogP contribution < -0.4 is 21.9 Å². The molecule has 0 unspecified atom stereocenters. The standard InChI is InChI=1S/C20H20N4O3S/c1-23(16(25)13-28-15-10-6-3-7-11-15)17-18(21)24(20(27)22-19(17)26)12-14-8-4-2-5-9-14/h2-11H,12-13,21H2,1H3,(H,22,26,27). The number of nitrogens with one attached hydrogen (secondary N) is 1. The van der Waals surface area contributed by atoms with Crippen LogP contribution in [0.25, 0.3) is 0 Å². The van der Waals surface area contributed by atoms with E-state index in [0.29, 0.717) is 0 Å². The molecule has 0 spiro atoms. The highest BCUT2D eigenvalue weighted by atomic mass is 32.2. The minimum Gasteiger partial charge on any atom is -0.383 e. The van der Waals surface area contributed by atoms with Gasteiger partial charge >= 0.3 is 5.69 Å². The van der Waals surface area contributed by atoms with Crippen molar-refractivity contribution in [3.05, 3.63) is 87.1 Å². The second-order valence-corrected chi connectivity index (χ2v) is 7.17. The van der Waals surface area contributed by atoms with Gasteiger partial charge in [-0.3, -0.25) is 19.1 Å². The van der Waals surface area contributed by atoms with Crippen molar-refractivity contribution in [2.75, 3.05) is 23.4 Å². The van der Waals surface area contributed by atoms with E-state index in [9.17, 15) is 14.4 Å². The van der Waals surface area contributed by atoms with Crippen molar-refractivity contribution in [2.24, 2.45) is 0 Å². The minimum absolute atomic E-state index is 0.0332. The zero-order valence-corrected chi connectivity index (χ0v) is 16.1. The summed E-state index contributed by atoms with van der Waals surface area (Å²) in [5, 5.41) is 0. The Bertz CT molecular complexity index is 1080. The quantitative estimate of drug-likeness (QED) is 0.620. The molecule has 0 bridgehead atoms. The van der Waals surface area contributed by atoms with Crippen molar-refractivity contribution in [3.8, 4) is 0 Å². The molecule has 0 aliphatic heterocycles. The van der Waals surface area contributed by atoms with E-state index in [-0.39, 0.29) is 29.7 Å². The summed E-state index contributed by atoms with van der Waals surface area (Å²) in [4.78, 5) is 41.6. The van der Waals surface area contributed by atoms with Crippen LogP contribution in [0.15, 0.2) is 75.1 Å². The summed E-state index contributed by atoms with van der Waals surface area (Å²) in [5.41, 5.74) is 5.63. The van der Waals surface area contributed by atoms with E-state index in [2.05, 4.69) is 4.98 Å². The maximum Gasteiger partial charge on any atom is 0.330 e. The first-order valence-electron chi connectivity index (χ1n) is 8.58. The number of benzene rings is 2. The van der Waals surface area contributed by atoms with Gasteiger partial charge in [0.05, 0.1) is 12.3 Å². The van der Waals surface area contributed by atoms with Gasteiger partial charge in [0.1, 0.15) is 5.82 Å². The van der Waals surface area contributed by atoms with Crippen LogP contribution in [0.3, 0.4) is 0 Å². The number of carbonyl (C=O) groups excluding carboxylic acids is 1. The molecule has 8 heteroatoms. The van der Waals surface area contributed by atoms with Crippen LogP contribution in [0.4, 0.5) is 11.5 Å². The van der Waals surface area contributed by atoms with Crippen LogP contribution in [0, 0.1) is 0 Å². The molecule has 0 saturated carbocycles. The molecule has 0 radical (unpaired) electrons. The van der Waals surface area contributed by atoms with Gasteiger partial charge in [0.2, 0.25) is 5.91 Å². The largest absolute Gasteiger partial charge is 0.383 e. The number of nitrogens with zero attached hydrogens (tertiary/aromatic N) is 2. The Balaban J connectivity index is 1.86. The fraction of sp³-hybridized carbons (Fsp3) is 0.150. The van der Waals surface area contributed by atoms with Crippen molar-refractivity contribution >= 4 is 29.2 Å². The molecule has 3 N–H and O–H groups in total. The van der Waals surface area contributed by atoms with Gasteiger partial charge in [-0.05, 0) is 17.7 Å². The molecule has 0 fully saturated rings. The lowest BCUT2D eigenvalue weighted by Crippen LogP contribution is -2.40. The Kier molecular flexibility index (Phi) is 6.00. The first-order valence-corrected chi connectivity index (χ1v) is 9.57. The van der Waals surface area contributed by atoms with E-state index in [1.54, 1.807) is 0 Å². The minimum atomic E-state index is -0.688. The highest BCUT2D eigenvalue weighted by Crippen LogP contribution is 2.20. The average molecular weight is 396 g/mol. The van der Waals surface area contributed by atoms with Crippen LogP contribution in [0.1, 0.15) is 5.56 Å². The third-order valence-electron chi connectivity index (χ3n) is 4.21. The third kappa shape index (κ3) is 4.34. The molecular weight excluding hydrogens is 376 g/mol. The maximum atomic E-state index is 12.6. The predicted molar refractivity (Wildman–Crippen MR) is 112 cm³/mol. The third-order valence-corrected chi connectivity index (χ3v) is 5.21. The second kappa shape index (κ2) is 8.62. The fourth-order valence-electron chi connectivity index (χ4n) is 2.71. The smallest absolute Gasteiger partial charge is 0.330 e. The van der Waals surface area contributed by atoms with E-state index in [1.165, 1.54) is 28.3 Å². The van der Waals surface area contributed by atoms with E-state index >= 15 is 0 Å². The Labute approximate surface area is 165 Å². The van der Waals surface area contributed by atoms with Crippen molar-refractivity contribution < 1.29 is 4.79 Å². The molecule has 0 atom stereocenters. The normalized spacial score (nSPS) is 10.6. The number of rotatable bonds is 6. The number of thioether (sulfide) groups is 1. The van der Waals surface area contributed by atoms with Crippen molar-refractivity contribution in [1.29, 1.82) is 0 Å². The second-order valence-electron chi connectivity index (χ2n) is 6.12. The molecule has 2 aromatic carbocycles. The van der Waals surface area contributed by atoms with Crippen molar-refractivity contribution in [2.45, 2.75) is 11.4 Å². The van der Waals surface area contributed by atoms with Gasteiger partial charge in [0, 0.05) is 11.9 Å². The summed E-state index contributed by atoms with van der Waals surface area (Å²) in [6.45, 7) is 0.191. The summed E-state index contributed by atoms with van der Waals surface area (Å²) in [5.74, 6) is -0.203. The molecule has 0 aliphatic rings. The Morgan fingerprint density at radius 2 is 1.68 bits per heavy atom. The lowest BCUT2D eigenvalue weighted by molar-refractivity contribution is -0.115. The number of carbonyl (C=O) groups is 1. The van der Waals surface area contributed by atoms with Gasteiger partial charge in [-0.2, -0.15) is 0 Å². The number of anilines is 2. The van der Waals surface area contributed by atoms with E-state index < -0.39 is 11.2 Å². The molecule has 7 nitrogen and oxygen atoms in total. The lowest BCUT2D eigenvalue weighted by atomic mass is 10.2. The predicted octanol–water partition coefficient (Wildman–Crippen LogP) is 1.92. The molecule has 0 saturated heterocycles. The number of amides is 1. The molecule has 28 heavy (non-hydrogen) atoms. The van der Waals surface area contributed by atoms with Crippen LogP contribution in [-0.4, -0.2) is 28.3 Å². The number of hydrogen-bond acceptors (Lipinski definition) is 5. The lowest BCUT2D eigenvalue weighted by Gasteiger charge is -2.20. The molecule has 0 aliphatic carbocycles. The summed E-state index contributed by atoms with van der Waals surface area (Å²) in [6, 6.07) is 18.7. The Morgan fingerprint density at radius 1 is 1.07 bits per heavy atom. The van der Waals surface area contributed by atoms with Crippen LogP contribution in [0.5, 0.6) is 0 Å². The Hall–Kier alpha value is -3.26. The molecule has 1 aromatic heterocycles. The molecule has 144 valence electrons. The fourth-order valence-corrected chi connectivity index (χ4v) is 3.54. The number of hydrogen-bond donors (Lipinski definition) is 2. The van der Waals surface area contributed by atoms with Crippen molar-refractivity contribution in [1.82, 2.24) is 9.55 Å². The highest BCUT2D eigenvalue weighted by Gasteiger charge is 2.21. The monoisotopic (exact) mass is 396 g/mol. The van der Waals surface area contributed by atoms with E-state index in [4.69, 9.17) is 5.73 Å². The number of nitrogens with two attached hydrogens (primary N) is 1. The van der Waals surface area contributed by atoms with E-state index in [0.717, 1.165) is 10.5 Å². The number of aromatic amines is 1. The molecule has 1 heterocycles. The van der Waals surface area contributed by atoms with E-state index in [1.807, 2.05) is 60.7 Å². The summed E-state index contributed by atoms with van der Waals surface area (Å²) < 4.78 is 1.25. The Morgan fingerprint density at radius 3 is 2.32 bits per heavy atom. The highest BCUT2D eigenvalue weighted by molar-refractivity contribution is 8.00. The van der Waals surface area contributed by atoms with Gasteiger partial charge in [0.25, 0.3) is 5.56 Å². The first-order chi connectivity index (χ1) is 13.5.